The minimum atomic E-state index is -4.74. The Morgan fingerprint density at radius 2 is 2.05 bits per heavy atom. The fourth-order valence-electron chi connectivity index (χ4n) is 7.19. The van der Waals surface area contributed by atoms with Crippen LogP contribution < -0.4 is 24.8 Å². The Labute approximate surface area is 244 Å². The second-order valence-corrected chi connectivity index (χ2v) is 13.4. The van der Waals surface area contributed by atoms with Gasteiger partial charge in [-0.2, -0.15) is 13.4 Å². The SMILES string of the molecule is CC(=Cc1oc2ccc(SOO[O-])cc2[n+]1C)C=C1Oc2ccc(S(=O)(=O)[O-])cc2[N+]12CCCCC21C(=O)[N+]12CC2[NH3+]. The number of benzene rings is 2. The third-order valence-electron chi connectivity index (χ3n) is 9.12. The lowest BCUT2D eigenvalue weighted by molar-refractivity contribution is -0.777. The molecule has 4 atom stereocenters. The molecule has 3 N–H and O–H groups in total. The maximum absolute atomic E-state index is 13.8. The molecular weight excluding hydrogens is 588 g/mol. The van der Waals surface area contributed by atoms with Crippen LogP contribution in [0.4, 0.5) is 5.69 Å². The van der Waals surface area contributed by atoms with E-state index in [0.717, 1.165) is 36.0 Å². The predicted molar refractivity (Wildman–Crippen MR) is 142 cm³/mol. The van der Waals surface area contributed by atoms with Crippen molar-refractivity contribution in [3.05, 3.63) is 59.8 Å². The Hall–Kier alpha value is -3.12. The molecule has 1 aromatic heterocycles. The van der Waals surface area contributed by atoms with Crippen molar-refractivity contribution >= 4 is 50.9 Å². The highest BCUT2D eigenvalue weighted by Gasteiger charge is 3.04. The van der Waals surface area contributed by atoms with Gasteiger partial charge in [0.25, 0.3) is 11.7 Å². The van der Waals surface area contributed by atoms with Crippen molar-refractivity contribution in [1.29, 1.82) is 0 Å². The van der Waals surface area contributed by atoms with Gasteiger partial charge in [-0.1, -0.05) is 0 Å². The fourth-order valence-corrected chi connectivity index (χ4v) is 8.07. The highest BCUT2D eigenvalue weighted by molar-refractivity contribution is 7.94. The monoisotopic (exact) mass is 616 g/mol. The van der Waals surface area contributed by atoms with E-state index < -0.39 is 15.8 Å². The third kappa shape index (κ3) is 3.60. The molecule has 3 fully saturated rings. The van der Waals surface area contributed by atoms with Gasteiger partial charge in [0.05, 0.1) is 36.0 Å². The van der Waals surface area contributed by atoms with Crippen LogP contribution >= 0.6 is 12.0 Å². The van der Waals surface area contributed by atoms with Gasteiger partial charge < -0.3 is 24.7 Å². The molecule has 0 bridgehead atoms. The average molecular weight is 617 g/mol. The van der Waals surface area contributed by atoms with Crippen LogP contribution in [0, 0.1) is 0 Å². The molecule has 5 heterocycles. The highest BCUT2D eigenvalue weighted by Crippen LogP contribution is 2.68. The average Bonchev–Trinajstić information content (AvgIpc) is 3.66. The van der Waals surface area contributed by atoms with Crippen LogP contribution in [0.15, 0.2) is 68.1 Å². The number of aryl methyl sites for hydroxylation is 1. The quantitative estimate of drug-likeness (QED) is 0.0797. The van der Waals surface area contributed by atoms with Gasteiger partial charge in [-0.15, -0.1) is 4.48 Å². The lowest BCUT2D eigenvalue weighted by atomic mass is 9.96. The van der Waals surface area contributed by atoms with Crippen molar-refractivity contribution < 1.29 is 56.3 Å². The second-order valence-electron chi connectivity index (χ2n) is 11.2. The minimum Gasteiger partial charge on any atom is -0.744 e. The molecule has 0 aliphatic carbocycles. The summed E-state index contributed by atoms with van der Waals surface area (Å²) in [5.74, 6) is 1.53. The number of quaternary nitrogens is 3. The van der Waals surface area contributed by atoms with Crippen molar-refractivity contribution in [3.8, 4) is 5.75 Å². The summed E-state index contributed by atoms with van der Waals surface area (Å²) in [6.07, 6.45) is 5.85. The molecule has 4 unspecified atom stereocenters. The summed E-state index contributed by atoms with van der Waals surface area (Å²) >= 11 is 0.784. The number of piperidine rings is 1. The topological polar surface area (TPSA) is 170 Å². The number of allylic oxidation sites excluding steroid dienone is 2. The van der Waals surface area contributed by atoms with Gasteiger partial charge in [0.15, 0.2) is 11.4 Å². The number of fused-ring (bicyclic) bond motifs is 5. The summed E-state index contributed by atoms with van der Waals surface area (Å²) in [6, 6.07) is 9.41. The Bertz CT molecular complexity index is 1850. The number of hydrogen-bond acceptors (Lipinski definition) is 10. The number of carbonyl (C=O) groups is 1. The molecule has 42 heavy (non-hydrogen) atoms. The van der Waals surface area contributed by atoms with Gasteiger partial charge in [0.2, 0.25) is 12.1 Å². The van der Waals surface area contributed by atoms with Crippen LogP contribution in [0.3, 0.4) is 0 Å². The summed E-state index contributed by atoms with van der Waals surface area (Å²) in [6.45, 7) is 3.02. The highest BCUT2D eigenvalue weighted by atomic mass is 32.2. The standard InChI is InChI=1S/C27H27N4O9S2/c1-16(11-24-29(2)19-13-17(41-40-39-33)5-7-21(19)37-24)12-25-30(20-14-18(42(34,35)36)6-8-22(20)38-25)10-4-3-9-27(30)26(32)31(27)15-23(31)28/h5-8,11-14,23H,3-4,9-10,15,28H2,1-2H3/q+1/p+1. The minimum absolute atomic E-state index is 0.0242. The second kappa shape index (κ2) is 9.19. The summed E-state index contributed by atoms with van der Waals surface area (Å²) in [5, 5.41) is 13.6. The van der Waals surface area contributed by atoms with Crippen LogP contribution in [-0.4, -0.2) is 48.3 Å². The molecule has 3 spiro atoms. The maximum Gasteiger partial charge on any atom is 0.447 e. The molecular formula is C27H28N4O9S2+2. The largest absolute Gasteiger partial charge is 0.744 e. The lowest BCUT2D eigenvalue weighted by Gasteiger charge is -2.38. The molecule has 3 aromatic rings. The van der Waals surface area contributed by atoms with Crippen LogP contribution in [0.1, 0.15) is 32.1 Å². The van der Waals surface area contributed by atoms with Crippen molar-refractivity contribution in [1.82, 2.24) is 4.48 Å². The summed E-state index contributed by atoms with van der Waals surface area (Å²) in [7, 11) is -2.90. The molecule has 4 aliphatic rings. The molecule has 7 rings (SSSR count). The van der Waals surface area contributed by atoms with E-state index >= 15 is 0 Å². The van der Waals surface area contributed by atoms with Gasteiger partial charge in [-0.3, -0.25) is 5.04 Å². The van der Waals surface area contributed by atoms with Crippen molar-refractivity contribution in [3.63, 3.8) is 0 Å². The number of amides is 1. The van der Waals surface area contributed by atoms with Crippen molar-refractivity contribution in [2.75, 3.05) is 13.1 Å². The van der Waals surface area contributed by atoms with Gasteiger partial charge in [-0.25, -0.2) is 13.2 Å². The van der Waals surface area contributed by atoms with E-state index in [2.05, 4.69) is 15.1 Å². The van der Waals surface area contributed by atoms with Gasteiger partial charge in [-0.05, 0) is 49.6 Å². The molecule has 1 amide bonds. The molecule has 0 saturated carbocycles. The Morgan fingerprint density at radius 1 is 1.26 bits per heavy atom. The van der Waals surface area contributed by atoms with Gasteiger partial charge >= 0.3 is 23.3 Å². The molecule has 15 heteroatoms. The van der Waals surface area contributed by atoms with Crippen LogP contribution in [0.25, 0.3) is 17.2 Å². The molecule has 3 saturated heterocycles. The first kappa shape index (κ1) is 27.7. The summed E-state index contributed by atoms with van der Waals surface area (Å²) in [4.78, 5) is 14.1. The van der Waals surface area contributed by atoms with E-state index in [0.29, 0.717) is 53.2 Å². The van der Waals surface area contributed by atoms with Crippen LogP contribution in [0.2, 0.25) is 0 Å². The predicted octanol–water partition coefficient (Wildman–Crippen LogP) is 0.855. The number of oxazole rings is 1. The number of rotatable bonds is 6. The first-order valence-corrected chi connectivity index (χ1v) is 15.5. The maximum atomic E-state index is 13.8. The molecule has 4 aliphatic heterocycles. The lowest BCUT2D eigenvalue weighted by Crippen LogP contribution is -2.65. The molecule has 13 nitrogen and oxygen atoms in total. The normalized spacial score (nSPS) is 31.0. The smallest absolute Gasteiger partial charge is 0.447 e. The first-order chi connectivity index (χ1) is 20.0. The van der Waals surface area contributed by atoms with E-state index in [4.69, 9.17) is 9.15 Å². The first-order valence-electron chi connectivity index (χ1n) is 13.4. The van der Waals surface area contributed by atoms with Crippen LogP contribution in [0.5, 0.6) is 5.75 Å². The zero-order valence-electron chi connectivity index (χ0n) is 22.8. The van der Waals surface area contributed by atoms with Crippen molar-refractivity contribution in [2.24, 2.45) is 7.05 Å². The third-order valence-corrected chi connectivity index (χ3v) is 10.5. The number of carbonyl (C=O) groups excluding carboxylic acids is 1. The van der Waals surface area contributed by atoms with E-state index in [9.17, 15) is 23.0 Å². The number of nitrogens with zero attached hydrogens (tertiary/aromatic N) is 3. The van der Waals surface area contributed by atoms with E-state index in [1.165, 1.54) is 18.2 Å². The summed E-state index contributed by atoms with van der Waals surface area (Å²) < 4.78 is 55.1. The Balaban J connectivity index is 1.35. The Morgan fingerprint density at radius 3 is 2.74 bits per heavy atom. The molecule has 2 aromatic carbocycles. The number of aromatic nitrogens is 1. The van der Waals surface area contributed by atoms with E-state index in [-0.39, 0.29) is 25.9 Å². The number of ether oxygens (including phenoxy) is 1. The zero-order valence-corrected chi connectivity index (χ0v) is 24.4. The Kier molecular flexibility index (Phi) is 6.06. The zero-order chi connectivity index (χ0) is 29.7. The molecule has 220 valence electrons. The summed E-state index contributed by atoms with van der Waals surface area (Å²) in [5.41, 5.74) is 5.98. The fraction of sp³-hybridized carbons (Fsp3) is 0.333. The molecule has 0 radical (unpaired) electrons. The number of hydrogen-bond donors (Lipinski definition) is 1. The van der Waals surface area contributed by atoms with Crippen LogP contribution in [-0.2, 0) is 31.3 Å². The van der Waals surface area contributed by atoms with Gasteiger partial charge in [0.1, 0.15) is 17.2 Å². The van der Waals surface area contributed by atoms with Crippen molar-refractivity contribution in [2.45, 2.75) is 47.8 Å². The van der Waals surface area contributed by atoms with E-state index in [1.54, 1.807) is 18.2 Å². The van der Waals surface area contributed by atoms with E-state index in [1.807, 2.05) is 30.7 Å². The van der Waals surface area contributed by atoms with Gasteiger partial charge in [0, 0.05) is 23.1 Å².